The van der Waals surface area contributed by atoms with E-state index in [2.05, 4.69) is 31.4 Å². The molecular weight excluding hydrogens is 286 g/mol. The van der Waals surface area contributed by atoms with Crippen molar-refractivity contribution in [2.45, 2.75) is 13.3 Å². The number of amides is 1. The average molecular weight is 296 g/mol. The summed E-state index contributed by atoms with van der Waals surface area (Å²) in [5, 5.41) is 6.37. The quantitative estimate of drug-likeness (QED) is 0.943. The molecule has 5 nitrogen and oxygen atoms in total. The summed E-state index contributed by atoms with van der Waals surface area (Å²) in [5.41, 5.74) is 0.716. The van der Waals surface area contributed by atoms with Gasteiger partial charge in [0.2, 0.25) is 11.8 Å². The first-order valence-corrected chi connectivity index (χ1v) is 5.78. The van der Waals surface area contributed by atoms with Gasteiger partial charge in [-0.25, -0.2) is 0 Å². The van der Waals surface area contributed by atoms with Gasteiger partial charge in [0.05, 0.1) is 5.69 Å². The van der Waals surface area contributed by atoms with Crippen LogP contribution in [0.15, 0.2) is 33.3 Å². The second-order valence-electron chi connectivity index (χ2n) is 3.44. The molecule has 88 valence electrons. The first kappa shape index (κ1) is 11.8. The molecular formula is C11H10BrN3O2. The maximum absolute atomic E-state index is 11.7. The minimum Gasteiger partial charge on any atom is -0.339 e. The highest BCUT2D eigenvalue weighted by Crippen LogP contribution is 2.21. The Balaban J connectivity index is 2.01. The second-order valence-corrected chi connectivity index (χ2v) is 4.29. The number of aryl methyl sites for hydroxylation is 1. The van der Waals surface area contributed by atoms with Crippen LogP contribution in [-0.4, -0.2) is 16.0 Å². The Morgan fingerprint density at radius 2 is 2.24 bits per heavy atom. The number of carbonyl (C=O) groups is 1. The van der Waals surface area contributed by atoms with Gasteiger partial charge < -0.3 is 9.84 Å². The zero-order chi connectivity index (χ0) is 12.3. The molecule has 6 heteroatoms. The van der Waals surface area contributed by atoms with Crippen molar-refractivity contribution < 1.29 is 9.32 Å². The van der Waals surface area contributed by atoms with Crippen molar-refractivity contribution in [2.75, 3.05) is 5.32 Å². The molecule has 0 spiro atoms. The monoisotopic (exact) mass is 295 g/mol. The second kappa shape index (κ2) is 5.09. The molecule has 0 aliphatic heterocycles. The molecule has 1 amide bonds. The van der Waals surface area contributed by atoms with Crippen LogP contribution in [0, 0.1) is 6.92 Å². The Hall–Kier alpha value is -1.69. The van der Waals surface area contributed by atoms with Gasteiger partial charge in [-0.05, 0) is 35.0 Å². The zero-order valence-electron chi connectivity index (χ0n) is 9.11. The lowest BCUT2D eigenvalue weighted by molar-refractivity contribution is -0.115. The van der Waals surface area contributed by atoms with Gasteiger partial charge in [-0.3, -0.25) is 4.79 Å². The third kappa shape index (κ3) is 3.13. The van der Waals surface area contributed by atoms with Crippen LogP contribution in [0.1, 0.15) is 11.7 Å². The summed E-state index contributed by atoms with van der Waals surface area (Å²) in [6.07, 6.45) is 0.0716. The fourth-order valence-electron chi connectivity index (χ4n) is 1.31. The molecule has 1 heterocycles. The molecule has 1 aromatic carbocycles. The molecule has 2 aromatic rings. The number of anilines is 1. The number of aromatic nitrogens is 2. The van der Waals surface area contributed by atoms with Crippen molar-refractivity contribution in [1.82, 2.24) is 10.1 Å². The predicted octanol–water partition coefficient (Wildman–Crippen LogP) is 2.32. The van der Waals surface area contributed by atoms with Crippen LogP contribution >= 0.6 is 15.9 Å². The Kier molecular flexibility index (Phi) is 3.53. The highest BCUT2D eigenvalue weighted by atomic mass is 79.9. The number of nitrogens with zero attached hydrogens (tertiary/aromatic N) is 2. The van der Waals surface area contributed by atoms with E-state index in [0.29, 0.717) is 17.4 Å². The van der Waals surface area contributed by atoms with Crippen molar-refractivity contribution in [3.8, 4) is 0 Å². The number of rotatable bonds is 3. The maximum Gasteiger partial charge on any atom is 0.236 e. The third-order valence-corrected chi connectivity index (χ3v) is 2.72. The molecule has 0 bridgehead atoms. The van der Waals surface area contributed by atoms with E-state index >= 15 is 0 Å². The lowest BCUT2D eigenvalue weighted by Gasteiger charge is -2.05. The first-order chi connectivity index (χ1) is 8.15. The Morgan fingerprint density at radius 1 is 1.47 bits per heavy atom. The molecule has 0 saturated heterocycles. The summed E-state index contributed by atoms with van der Waals surface area (Å²) >= 11 is 3.35. The number of halogens is 1. The van der Waals surface area contributed by atoms with Gasteiger partial charge in [0.15, 0.2) is 5.82 Å². The van der Waals surface area contributed by atoms with E-state index in [1.165, 1.54) is 0 Å². The van der Waals surface area contributed by atoms with Gasteiger partial charge in [0.25, 0.3) is 0 Å². The molecule has 1 N–H and O–H groups in total. The van der Waals surface area contributed by atoms with E-state index in [0.717, 1.165) is 4.47 Å². The maximum atomic E-state index is 11.7. The van der Waals surface area contributed by atoms with E-state index in [4.69, 9.17) is 4.52 Å². The Morgan fingerprint density at radius 3 is 2.88 bits per heavy atom. The average Bonchev–Trinajstić information content (AvgIpc) is 2.67. The molecule has 0 aliphatic carbocycles. The van der Waals surface area contributed by atoms with Crippen LogP contribution in [0.25, 0.3) is 0 Å². The number of nitrogens with one attached hydrogen (secondary N) is 1. The van der Waals surface area contributed by atoms with Gasteiger partial charge in [-0.15, -0.1) is 0 Å². The largest absolute Gasteiger partial charge is 0.339 e. The standard InChI is InChI=1S/C11H10BrN3O2/c1-7-13-11(17-15-7)6-10(16)14-9-5-3-2-4-8(9)12/h2-5H,6H2,1H3,(H,14,16). The molecule has 0 aliphatic rings. The summed E-state index contributed by atoms with van der Waals surface area (Å²) in [7, 11) is 0. The van der Waals surface area contributed by atoms with Crippen molar-refractivity contribution >= 4 is 27.5 Å². The highest BCUT2D eigenvalue weighted by Gasteiger charge is 2.10. The van der Waals surface area contributed by atoms with Crippen LogP contribution in [0.5, 0.6) is 0 Å². The van der Waals surface area contributed by atoms with E-state index in [-0.39, 0.29) is 12.3 Å². The highest BCUT2D eigenvalue weighted by molar-refractivity contribution is 9.10. The summed E-state index contributed by atoms with van der Waals surface area (Å²) in [6.45, 7) is 1.71. The van der Waals surface area contributed by atoms with Gasteiger partial charge in [-0.1, -0.05) is 17.3 Å². The SMILES string of the molecule is Cc1noc(CC(=O)Nc2ccccc2Br)n1. The van der Waals surface area contributed by atoms with Crippen LogP contribution in [0.2, 0.25) is 0 Å². The van der Waals surface area contributed by atoms with Crippen LogP contribution in [0.4, 0.5) is 5.69 Å². The van der Waals surface area contributed by atoms with Gasteiger partial charge in [-0.2, -0.15) is 4.98 Å². The van der Waals surface area contributed by atoms with Crippen molar-refractivity contribution in [2.24, 2.45) is 0 Å². The van der Waals surface area contributed by atoms with Crippen molar-refractivity contribution in [3.63, 3.8) is 0 Å². The minimum atomic E-state index is -0.194. The van der Waals surface area contributed by atoms with E-state index in [1.54, 1.807) is 13.0 Å². The predicted molar refractivity (Wildman–Crippen MR) is 65.5 cm³/mol. The number of carbonyl (C=O) groups excluding carboxylic acids is 1. The Labute approximate surface area is 106 Å². The summed E-state index contributed by atoms with van der Waals surface area (Å²) < 4.78 is 5.70. The summed E-state index contributed by atoms with van der Waals surface area (Å²) in [4.78, 5) is 15.6. The first-order valence-electron chi connectivity index (χ1n) is 4.99. The van der Waals surface area contributed by atoms with Crippen molar-refractivity contribution in [3.05, 3.63) is 40.5 Å². The molecule has 2 rings (SSSR count). The number of para-hydroxylation sites is 1. The lowest BCUT2D eigenvalue weighted by atomic mass is 10.3. The summed E-state index contributed by atoms with van der Waals surface area (Å²) in [6, 6.07) is 7.38. The van der Waals surface area contributed by atoms with Gasteiger partial charge in [0, 0.05) is 4.47 Å². The molecule has 0 atom stereocenters. The lowest BCUT2D eigenvalue weighted by Crippen LogP contribution is -2.14. The van der Waals surface area contributed by atoms with Crippen molar-refractivity contribution in [1.29, 1.82) is 0 Å². The number of hydrogen-bond donors (Lipinski definition) is 1. The molecule has 0 fully saturated rings. The van der Waals surface area contributed by atoms with Gasteiger partial charge in [0.1, 0.15) is 6.42 Å². The normalized spacial score (nSPS) is 10.2. The minimum absolute atomic E-state index is 0.0716. The third-order valence-electron chi connectivity index (χ3n) is 2.03. The number of hydrogen-bond acceptors (Lipinski definition) is 4. The molecule has 17 heavy (non-hydrogen) atoms. The smallest absolute Gasteiger partial charge is 0.236 e. The fourth-order valence-corrected chi connectivity index (χ4v) is 1.69. The fraction of sp³-hybridized carbons (Fsp3) is 0.182. The Bertz CT molecular complexity index is 539. The molecule has 0 saturated carbocycles. The van der Waals surface area contributed by atoms with Gasteiger partial charge >= 0.3 is 0 Å². The van der Waals surface area contributed by atoms with E-state index in [9.17, 15) is 4.79 Å². The molecule has 1 aromatic heterocycles. The van der Waals surface area contributed by atoms with Crippen LogP contribution < -0.4 is 5.32 Å². The summed E-state index contributed by atoms with van der Waals surface area (Å²) in [5.74, 6) is 0.640. The topological polar surface area (TPSA) is 68.0 Å². The van der Waals surface area contributed by atoms with E-state index in [1.807, 2.05) is 18.2 Å². The number of benzene rings is 1. The van der Waals surface area contributed by atoms with Crippen LogP contribution in [-0.2, 0) is 11.2 Å². The van der Waals surface area contributed by atoms with E-state index < -0.39 is 0 Å². The molecule has 0 radical (unpaired) electrons. The zero-order valence-corrected chi connectivity index (χ0v) is 10.7. The van der Waals surface area contributed by atoms with Crippen LogP contribution in [0.3, 0.4) is 0 Å². The molecule has 0 unspecified atom stereocenters.